The van der Waals surface area contributed by atoms with Gasteiger partial charge in [0.15, 0.2) is 0 Å². The summed E-state index contributed by atoms with van der Waals surface area (Å²) in [5.74, 6) is 5.64. The third kappa shape index (κ3) is 4.05. The third-order valence-electron chi connectivity index (χ3n) is 4.34. The second kappa shape index (κ2) is 6.46. The van der Waals surface area contributed by atoms with Crippen LogP contribution in [0.15, 0.2) is 22.7 Å². The van der Waals surface area contributed by atoms with E-state index in [-0.39, 0.29) is 5.91 Å². The SMILES string of the molecule is CC(C)(C)C1CCN(Cc2ccc(C(=O)NN)cc2Br)C1. The second-order valence-corrected chi connectivity index (χ2v) is 7.72. The van der Waals surface area contributed by atoms with Gasteiger partial charge in [-0.3, -0.25) is 15.1 Å². The standard InChI is InChI=1S/C16H24BrN3O/c1-16(2,3)13-6-7-20(10-13)9-12-5-4-11(8-14(12)17)15(21)19-18/h4-5,8,13H,6-7,9-10,18H2,1-3H3,(H,19,21). The van der Waals surface area contributed by atoms with E-state index in [9.17, 15) is 4.79 Å². The summed E-state index contributed by atoms with van der Waals surface area (Å²) < 4.78 is 0.961. The molecule has 0 aromatic heterocycles. The lowest BCUT2D eigenvalue weighted by atomic mass is 9.80. The Kier molecular flexibility index (Phi) is 5.07. The number of carbonyl (C=O) groups excluding carboxylic acids is 1. The predicted molar refractivity (Wildman–Crippen MR) is 88.6 cm³/mol. The molecule has 3 N–H and O–H groups in total. The summed E-state index contributed by atoms with van der Waals surface area (Å²) in [6, 6.07) is 5.65. The average Bonchev–Trinajstić information content (AvgIpc) is 2.88. The zero-order valence-electron chi connectivity index (χ0n) is 12.9. The van der Waals surface area contributed by atoms with E-state index in [1.54, 1.807) is 0 Å². The van der Waals surface area contributed by atoms with Crippen LogP contribution >= 0.6 is 15.9 Å². The van der Waals surface area contributed by atoms with Crippen LogP contribution in [0.4, 0.5) is 0 Å². The van der Waals surface area contributed by atoms with Crippen LogP contribution in [0.1, 0.15) is 43.1 Å². The van der Waals surface area contributed by atoms with Gasteiger partial charge in [-0.05, 0) is 42.0 Å². The van der Waals surface area contributed by atoms with Gasteiger partial charge in [0, 0.05) is 23.1 Å². The number of hydrogen-bond donors (Lipinski definition) is 2. The monoisotopic (exact) mass is 353 g/mol. The number of benzene rings is 1. The summed E-state index contributed by atoms with van der Waals surface area (Å²) in [5, 5.41) is 0. The van der Waals surface area contributed by atoms with Gasteiger partial charge in [0.05, 0.1) is 0 Å². The van der Waals surface area contributed by atoms with Gasteiger partial charge < -0.3 is 0 Å². The van der Waals surface area contributed by atoms with E-state index in [1.165, 1.54) is 12.0 Å². The van der Waals surface area contributed by atoms with E-state index in [2.05, 4.69) is 47.0 Å². The number of hydrazine groups is 1. The molecule has 1 unspecified atom stereocenters. The zero-order chi connectivity index (χ0) is 15.6. The van der Waals surface area contributed by atoms with Crippen molar-refractivity contribution in [1.29, 1.82) is 0 Å². The fourth-order valence-electron chi connectivity index (χ4n) is 2.82. The number of hydrogen-bond acceptors (Lipinski definition) is 3. The molecule has 21 heavy (non-hydrogen) atoms. The molecule has 0 bridgehead atoms. The summed E-state index contributed by atoms with van der Waals surface area (Å²) in [6.45, 7) is 10.1. The molecule has 1 aliphatic rings. The lowest BCUT2D eigenvalue weighted by Gasteiger charge is -2.27. The molecule has 1 fully saturated rings. The molecule has 1 aromatic rings. The van der Waals surface area contributed by atoms with Crippen LogP contribution in [-0.4, -0.2) is 23.9 Å². The molecule has 1 atom stereocenters. The number of likely N-dealkylation sites (tertiary alicyclic amines) is 1. The van der Waals surface area contributed by atoms with E-state index in [0.717, 1.165) is 30.0 Å². The number of carbonyl (C=O) groups is 1. The van der Waals surface area contributed by atoms with Gasteiger partial charge in [-0.25, -0.2) is 5.84 Å². The Morgan fingerprint density at radius 1 is 1.48 bits per heavy atom. The number of nitrogens with two attached hydrogens (primary N) is 1. The summed E-state index contributed by atoms with van der Waals surface area (Å²) in [7, 11) is 0. The molecule has 0 saturated carbocycles. The summed E-state index contributed by atoms with van der Waals surface area (Å²) in [5.41, 5.74) is 4.30. The molecule has 1 aliphatic heterocycles. The maximum Gasteiger partial charge on any atom is 0.265 e. The van der Waals surface area contributed by atoms with Gasteiger partial charge in [0.1, 0.15) is 0 Å². The molecule has 1 aromatic carbocycles. The van der Waals surface area contributed by atoms with E-state index in [0.29, 0.717) is 11.0 Å². The van der Waals surface area contributed by atoms with Crippen molar-refractivity contribution in [2.45, 2.75) is 33.7 Å². The minimum absolute atomic E-state index is 0.267. The van der Waals surface area contributed by atoms with Gasteiger partial charge in [-0.2, -0.15) is 0 Å². The zero-order valence-corrected chi connectivity index (χ0v) is 14.5. The van der Waals surface area contributed by atoms with Crippen molar-refractivity contribution in [2.24, 2.45) is 17.2 Å². The van der Waals surface area contributed by atoms with Crippen molar-refractivity contribution >= 4 is 21.8 Å². The van der Waals surface area contributed by atoms with Crippen LogP contribution in [0.2, 0.25) is 0 Å². The smallest absolute Gasteiger partial charge is 0.265 e. The van der Waals surface area contributed by atoms with Gasteiger partial charge in [0.25, 0.3) is 5.91 Å². The number of nitrogens with zero attached hydrogens (tertiary/aromatic N) is 1. The summed E-state index contributed by atoms with van der Waals surface area (Å²) in [4.78, 5) is 14.0. The maximum atomic E-state index is 11.5. The minimum atomic E-state index is -0.267. The normalized spacial score (nSPS) is 19.8. The Morgan fingerprint density at radius 3 is 2.71 bits per heavy atom. The summed E-state index contributed by atoms with van der Waals surface area (Å²) in [6.07, 6.45) is 1.26. The molecule has 116 valence electrons. The minimum Gasteiger partial charge on any atom is -0.299 e. The highest BCUT2D eigenvalue weighted by molar-refractivity contribution is 9.10. The molecular formula is C16H24BrN3O. The van der Waals surface area contributed by atoms with Crippen LogP contribution in [-0.2, 0) is 6.54 Å². The largest absolute Gasteiger partial charge is 0.299 e. The quantitative estimate of drug-likeness (QED) is 0.499. The number of nitrogen functional groups attached to an aromatic ring is 1. The van der Waals surface area contributed by atoms with E-state index in [1.807, 2.05) is 18.2 Å². The fraction of sp³-hybridized carbons (Fsp3) is 0.562. The molecule has 0 radical (unpaired) electrons. The molecule has 0 aliphatic carbocycles. The molecule has 1 saturated heterocycles. The number of nitrogens with one attached hydrogen (secondary N) is 1. The first-order valence-corrected chi connectivity index (χ1v) is 8.12. The molecule has 1 heterocycles. The van der Waals surface area contributed by atoms with Crippen LogP contribution in [0.3, 0.4) is 0 Å². The Morgan fingerprint density at radius 2 is 2.19 bits per heavy atom. The molecule has 1 amide bonds. The number of amides is 1. The van der Waals surface area contributed by atoms with E-state index >= 15 is 0 Å². The number of rotatable bonds is 3. The first-order chi connectivity index (χ1) is 9.81. The molecule has 2 rings (SSSR count). The topological polar surface area (TPSA) is 58.4 Å². The highest BCUT2D eigenvalue weighted by atomic mass is 79.9. The molecular weight excluding hydrogens is 330 g/mol. The van der Waals surface area contributed by atoms with Crippen LogP contribution in [0, 0.1) is 11.3 Å². The fourth-order valence-corrected chi connectivity index (χ4v) is 3.33. The Balaban J connectivity index is 2.03. The van der Waals surface area contributed by atoms with Crippen LogP contribution in [0.5, 0.6) is 0 Å². The second-order valence-electron chi connectivity index (χ2n) is 6.87. The lowest BCUT2D eigenvalue weighted by Crippen LogP contribution is -2.30. The van der Waals surface area contributed by atoms with Gasteiger partial charge in [0.2, 0.25) is 0 Å². The predicted octanol–water partition coefficient (Wildman–Crippen LogP) is 2.92. The van der Waals surface area contributed by atoms with E-state index in [4.69, 9.17) is 5.84 Å². The highest BCUT2D eigenvalue weighted by Gasteiger charge is 2.31. The molecule has 4 nitrogen and oxygen atoms in total. The maximum absolute atomic E-state index is 11.5. The van der Waals surface area contributed by atoms with Gasteiger partial charge in [-0.1, -0.05) is 42.8 Å². The first-order valence-electron chi connectivity index (χ1n) is 7.33. The van der Waals surface area contributed by atoms with Gasteiger partial charge in [-0.15, -0.1) is 0 Å². The Labute approximate surface area is 135 Å². The number of halogens is 1. The Bertz CT molecular complexity index is 525. The highest BCUT2D eigenvalue weighted by Crippen LogP contribution is 2.34. The van der Waals surface area contributed by atoms with Crippen LogP contribution < -0.4 is 11.3 Å². The van der Waals surface area contributed by atoms with Gasteiger partial charge >= 0.3 is 0 Å². The average molecular weight is 354 g/mol. The van der Waals surface area contributed by atoms with Crippen molar-refractivity contribution in [1.82, 2.24) is 10.3 Å². The van der Waals surface area contributed by atoms with Crippen molar-refractivity contribution in [3.8, 4) is 0 Å². The van der Waals surface area contributed by atoms with Crippen molar-refractivity contribution < 1.29 is 4.79 Å². The van der Waals surface area contributed by atoms with E-state index < -0.39 is 0 Å². The third-order valence-corrected chi connectivity index (χ3v) is 5.08. The summed E-state index contributed by atoms with van der Waals surface area (Å²) >= 11 is 3.56. The Hall–Kier alpha value is -0.910. The lowest BCUT2D eigenvalue weighted by molar-refractivity contribution is 0.0953. The molecule has 5 heteroatoms. The molecule has 0 spiro atoms. The van der Waals surface area contributed by atoms with Crippen molar-refractivity contribution in [2.75, 3.05) is 13.1 Å². The van der Waals surface area contributed by atoms with Crippen molar-refractivity contribution in [3.63, 3.8) is 0 Å². The van der Waals surface area contributed by atoms with Crippen molar-refractivity contribution in [3.05, 3.63) is 33.8 Å². The van der Waals surface area contributed by atoms with Crippen LogP contribution in [0.25, 0.3) is 0 Å². The first kappa shape index (κ1) is 16.5.